The molecule has 0 spiro atoms. The zero-order valence-electron chi connectivity index (χ0n) is 16.7. The lowest BCUT2D eigenvalue weighted by atomic mass is 9.97. The molecule has 5 heteroatoms. The van der Waals surface area contributed by atoms with Crippen LogP contribution in [0.4, 0.5) is 0 Å². The molecule has 2 aromatic rings. The molecule has 28 heavy (non-hydrogen) atoms. The van der Waals surface area contributed by atoms with Gasteiger partial charge in [-0.05, 0) is 57.5 Å². The van der Waals surface area contributed by atoms with Crippen molar-refractivity contribution in [1.29, 1.82) is 0 Å². The Kier molecular flexibility index (Phi) is 6.45. The van der Waals surface area contributed by atoms with Crippen LogP contribution >= 0.6 is 0 Å². The molecule has 1 amide bonds. The van der Waals surface area contributed by atoms with Gasteiger partial charge >= 0.3 is 0 Å². The van der Waals surface area contributed by atoms with Gasteiger partial charge in [-0.3, -0.25) is 24.7 Å². The first-order valence-corrected chi connectivity index (χ1v) is 10.8. The molecule has 2 aliphatic heterocycles. The molecule has 1 N–H and O–H groups in total. The predicted octanol–water partition coefficient (Wildman–Crippen LogP) is 3.47. The van der Waals surface area contributed by atoms with Crippen molar-refractivity contribution in [3.05, 3.63) is 48.7 Å². The van der Waals surface area contributed by atoms with E-state index in [-0.39, 0.29) is 11.8 Å². The number of carbonyl (C=O) groups is 1. The Hall–Kier alpha value is -2.11. The lowest BCUT2D eigenvalue weighted by Gasteiger charge is -2.31. The molecular formula is C23H32N4O. The molecule has 3 heterocycles. The maximum Gasteiger partial charge on any atom is 0.243 e. The quantitative estimate of drug-likeness (QED) is 0.780. The Bertz CT molecular complexity index is 806. The van der Waals surface area contributed by atoms with Crippen molar-refractivity contribution < 1.29 is 4.79 Å². The third-order valence-electron chi connectivity index (χ3n) is 6.05. The molecule has 2 saturated heterocycles. The number of amides is 1. The SMILES string of the molecule is O=C(Nn1ccc2ccccc21)C1CCCN(C/C=C/CN2CCCCC2)C1. The van der Waals surface area contributed by atoms with Gasteiger partial charge < -0.3 is 0 Å². The molecule has 2 fully saturated rings. The monoisotopic (exact) mass is 380 g/mol. The first-order chi connectivity index (χ1) is 13.8. The van der Waals surface area contributed by atoms with Crippen molar-refractivity contribution >= 4 is 16.8 Å². The molecule has 1 aromatic heterocycles. The standard InChI is InChI=1S/C23H32N4O/c28-23(24-27-18-12-20-9-2-3-11-22(20)27)21-10-8-17-26(19-21)16-7-6-15-25-13-4-1-5-14-25/h2-3,6-7,9,11-12,18,21H,1,4-5,8,10,13-17,19H2,(H,24,28)/b7-6+. The summed E-state index contributed by atoms with van der Waals surface area (Å²) in [5, 5.41) is 1.15. The maximum atomic E-state index is 12.8. The number of carbonyl (C=O) groups excluding carboxylic acids is 1. The summed E-state index contributed by atoms with van der Waals surface area (Å²) in [7, 11) is 0. The van der Waals surface area contributed by atoms with Gasteiger partial charge in [-0.2, -0.15) is 0 Å². The number of hydrogen-bond donors (Lipinski definition) is 1. The average molecular weight is 381 g/mol. The number of rotatable bonds is 6. The largest absolute Gasteiger partial charge is 0.300 e. The van der Waals surface area contributed by atoms with E-state index in [0.717, 1.165) is 49.9 Å². The topological polar surface area (TPSA) is 40.5 Å². The summed E-state index contributed by atoms with van der Waals surface area (Å²) in [6.07, 6.45) is 12.7. The number of nitrogens with one attached hydrogen (secondary N) is 1. The van der Waals surface area contributed by atoms with Crippen LogP contribution in [-0.4, -0.2) is 59.7 Å². The molecule has 0 radical (unpaired) electrons. The summed E-state index contributed by atoms with van der Waals surface area (Å²) in [4.78, 5) is 17.8. The minimum atomic E-state index is 0.0606. The van der Waals surface area contributed by atoms with Crippen LogP contribution in [0.2, 0.25) is 0 Å². The summed E-state index contributed by atoms with van der Waals surface area (Å²) in [6.45, 7) is 6.43. The van der Waals surface area contributed by atoms with E-state index in [9.17, 15) is 4.79 Å². The van der Waals surface area contributed by atoms with Crippen molar-refractivity contribution in [2.75, 3.05) is 44.7 Å². The van der Waals surface area contributed by atoms with Crippen molar-refractivity contribution in [3.63, 3.8) is 0 Å². The summed E-state index contributed by atoms with van der Waals surface area (Å²) < 4.78 is 1.86. The van der Waals surface area contributed by atoms with Crippen LogP contribution in [0.25, 0.3) is 10.9 Å². The number of piperidine rings is 2. The fourth-order valence-electron chi connectivity index (χ4n) is 4.42. The summed E-state index contributed by atoms with van der Waals surface area (Å²) in [6, 6.07) is 10.2. The van der Waals surface area contributed by atoms with Crippen molar-refractivity contribution in [2.24, 2.45) is 5.92 Å². The van der Waals surface area contributed by atoms with Crippen LogP contribution < -0.4 is 5.43 Å². The molecule has 5 nitrogen and oxygen atoms in total. The van der Waals surface area contributed by atoms with Gasteiger partial charge in [-0.1, -0.05) is 36.8 Å². The van der Waals surface area contributed by atoms with Gasteiger partial charge in [0.25, 0.3) is 0 Å². The highest BCUT2D eigenvalue weighted by Gasteiger charge is 2.25. The van der Waals surface area contributed by atoms with E-state index in [1.807, 2.05) is 35.1 Å². The Morgan fingerprint density at radius 2 is 1.71 bits per heavy atom. The minimum absolute atomic E-state index is 0.0606. The second-order valence-electron chi connectivity index (χ2n) is 8.15. The van der Waals surface area contributed by atoms with Gasteiger partial charge in [0.1, 0.15) is 0 Å². The normalized spacial score (nSPS) is 22.1. The molecule has 1 atom stereocenters. The Labute approximate surface area is 168 Å². The van der Waals surface area contributed by atoms with E-state index in [1.54, 1.807) is 0 Å². The second kappa shape index (κ2) is 9.39. The fraction of sp³-hybridized carbons (Fsp3) is 0.522. The van der Waals surface area contributed by atoms with Crippen LogP contribution in [0.5, 0.6) is 0 Å². The van der Waals surface area contributed by atoms with Crippen molar-refractivity contribution in [1.82, 2.24) is 14.5 Å². The van der Waals surface area contributed by atoms with Crippen LogP contribution in [0.1, 0.15) is 32.1 Å². The predicted molar refractivity (Wildman–Crippen MR) is 115 cm³/mol. The number of fused-ring (bicyclic) bond motifs is 1. The fourth-order valence-corrected chi connectivity index (χ4v) is 4.42. The number of para-hydroxylation sites is 1. The van der Waals surface area contributed by atoms with Crippen LogP contribution in [0, 0.1) is 5.92 Å². The first-order valence-electron chi connectivity index (χ1n) is 10.8. The maximum absolute atomic E-state index is 12.8. The van der Waals surface area contributed by atoms with Gasteiger partial charge in [0, 0.05) is 31.2 Å². The summed E-state index contributed by atoms with van der Waals surface area (Å²) >= 11 is 0. The average Bonchev–Trinajstić information content (AvgIpc) is 3.15. The molecule has 150 valence electrons. The van der Waals surface area contributed by atoms with E-state index >= 15 is 0 Å². The third-order valence-corrected chi connectivity index (χ3v) is 6.05. The van der Waals surface area contributed by atoms with E-state index < -0.39 is 0 Å². The van der Waals surface area contributed by atoms with Crippen LogP contribution in [0.3, 0.4) is 0 Å². The van der Waals surface area contributed by atoms with E-state index in [4.69, 9.17) is 0 Å². The molecule has 0 saturated carbocycles. The zero-order valence-corrected chi connectivity index (χ0v) is 16.7. The van der Waals surface area contributed by atoms with Crippen molar-refractivity contribution in [2.45, 2.75) is 32.1 Å². The second-order valence-corrected chi connectivity index (χ2v) is 8.15. The van der Waals surface area contributed by atoms with Gasteiger partial charge in [-0.25, -0.2) is 0 Å². The number of hydrogen-bond acceptors (Lipinski definition) is 3. The van der Waals surface area contributed by atoms with Gasteiger partial charge in [0.05, 0.1) is 11.4 Å². The Balaban J connectivity index is 1.26. The Morgan fingerprint density at radius 3 is 2.57 bits per heavy atom. The number of benzene rings is 1. The molecule has 2 aliphatic rings. The lowest BCUT2D eigenvalue weighted by Crippen LogP contribution is -2.42. The van der Waals surface area contributed by atoms with Gasteiger partial charge in [0.2, 0.25) is 5.91 Å². The molecule has 0 bridgehead atoms. The molecule has 4 rings (SSSR count). The molecule has 0 aliphatic carbocycles. The number of likely N-dealkylation sites (tertiary alicyclic amines) is 2. The number of aromatic nitrogens is 1. The highest BCUT2D eigenvalue weighted by atomic mass is 16.2. The van der Waals surface area contributed by atoms with Gasteiger partial charge in [-0.15, -0.1) is 0 Å². The van der Waals surface area contributed by atoms with Crippen LogP contribution in [0.15, 0.2) is 48.7 Å². The van der Waals surface area contributed by atoms with Crippen molar-refractivity contribution in [3.8, 4) is 0 Å². The zero-order chi connectivity index (χ0) is 19.2. The minimum Gasteiger partial charge on any atom is -0.300 e. The Morgan fingerprint density at radius 1 is 0.964 bits per heavy atom. The highest BCUT2D eigenvalue weighted by molar-refractivity contribution is 5.89. The first kappa shape index (κ1) is 19.2. The summed E-state index contributed by atoms with van der Waals surface area (Å²) in [5.41, 5.74) is 4.14. The smallest absolute Gasteiger partial charge is 0.243 e. The van der Waals surface area contributed by atoms with Gasteiger partial charge in [0.15, 0.2) is 0 Å². The van der Waals surface area contributed by atoms with E-state index in [1.165, 1.54) is 32.4 Å². The third kappa shape index (κ3) is 4.83. The summed E-state index contributed by atoms with van der Waals surface area (Å²) in [5.74, 6) is 0.189. The molecule has 1 unspecified atom stereocenters. The lowest BCUT2D eigenvalue weighted by molar-refractivity contribution is -0.122. The molecular weight excluding hydrogens is 348 g/mol. The number of nitrogens with zero attached hydrogens (tertiary/aromatic N) is 3. The highest BCUT2D eigenvalue weighted by Crippen LogP contribution is 2.18. The van der Waals surface area contributed by atoms with E-state index in [2.05, 4.69) is 33.4 Å². The van der Waals surface area contributed by atoms with E-state index in [0.29, 0.717) is 0 Å². The van der Waals surface area contributed by atoms with Crippen LogP contribution in [-0.2, 0) is 4.79 Å². The molecule has 1 aromatic carbocycles.